The maximum Gasteiger partial charge on any atom is 0.260 e. The number of anilines is 2. The van der Waals surface area contributed by atoms with Crippen LogP contribution in [0.5, 0.6) is 5.75 Å². The van der Waals surface area contributed by atoms with Crippen LogP contribution >= 0.6 is 11.8 Å². The Hall–Kier alpha value is -4.61. The lowest BCUT2D eigenvalue weighted by atomic mass is 9.95. The van der Waals surface area contributed by atoms with E-state index in [9.17, 15) is 9.59 Å². The van der Waals surface area contributed by atoms with Gasteiger partial charge in [-0.1, -0.05) is 72.4 Å². The SMILES string of the molecule is CC1=C(C(=O)Nc2ccccc2)C(c2ccc(OCC(=O)N3CCOCC3)cc2)n2nc(SCc3ccccc3)nc2N1. The second kappa shape index (κ2) is 13.1. The molecule has 11 heteroatoms. The van der Waals surface area contributed by atoms with Crippen LogP contribution in [-0.2, 0) is 20.1 Å². The highest BCUT2D eigenvalue weighted by molar-refractivity contribution is 7.98. The van der Waals surface area contributed by atoms with E-state index >= 15 is 0 Å². The predicted molar refractivity (Wildman–Crippen MR) is 165 cm³/mol. The first kappa shape index (κ1) is 28.5. The topological polar surface area (TPSA) is 111 Å². The van der Waals surface area contributed by atoms with Crippen molar-refractivity contribution in [3.05, 3.63) is 107 Å². The van der Waals surface area contributed by atoms with Gasteiger partial charge in [0.25, 0.3) is 11.8 Å². The van der Waals surface area contributed by atoms with Crippen LogP contribution < -0.4 is 15.4 Å². The molecule has 220 valence electrons. The third-order valence-corrected chi connectivity index (χ3v) is 8.15. The Morgan fingerprint density at radius 1 is 1.00 bits per heavy atom. The first-order valence-corrected chi connectivity index (χ1v) is 15.1. The van der Waals surface area contributed by atoms with Gasteiger partial charge < -0.3 is 25.0 Å². The van der Waals surface area contributed by atoms with Crippen molar-refractivity contribution in [1.82, 2.24) is 19.7 Å². The summed E-state index contributed by atoms with van der Waals surface area (Å²) in [6, 6.07) is 26.4. The minimum Gasteiger partial charge on any atom is -0.484 e. The molecule has 3 aromatic carbocycles. The Morgan fingerprint density at radius 3 is 2.42 bits per heavy atom. The van der Waals surface area contributed by atoms with Crippen molar-refractivity contribution < 1.29 is 19.1 Å². The van der Waals surface area contributed by atoms with Crippen LogP contribution in [-0.4, -0.2) is 64.4 Å². The number of nitrogens with one attached hydrogen (secondary N) is 2. The lowest BCUT2D eigenvalue weighted by molar-refractivity contribution is -0.137. The maximum atomic E-state index is 13.7. The molecule has 4 aromatic rings. The molecule has 6 rings (SSSR count). The van der Waals surface area contributed by atoms with Crippen LogP contribution in [0.15, 0.2) is 101 Å². The number of thioether (sulfide) groups is 1. The molecule has 2 aliphatic rings. The molecule has 1 aromatic heterocycles. The second-order valence-corrected chi connectivity index (χ2v) is 11.1. The zero-order chi connectivity index (χ0) is 29.6. The van der Waals surface area contributed by atoms with Crippen molar-refractivity contribution in [3.63, 3.8) is 0 Å². The van der Waals surface area contributed by atoms with Crippen LogP contribution in [0.2, 0.25) is 0 Å². The molecule has 2 amide bonds. The highest BCUT2D eigenvalue weighted by Crippen LogP contribution is 2.37. The summed E-state index contributed by atoms with van der Waals surface area (Å²) in [5.74, 6) is 1.53. The molecule has 3 heterocycles. The minimum atomic E-state index is -0.539. The van der Waals surface area contributed by atoms with Gasteiger partial charge in [-0.2, -0.15) is 4.98 Å². The smallest absolute Gasteiger partial charge is 0.260 e. The molecular weight excluding hydrogens is 564 g/mol. The van der Waals surface area contributed by atoms with E-state index in [0.29, 0.717) is 60.1 Å². The van der Waals surface area contributed by atoms with Gasteiger partial charge in [-0.15, -0.1) is 5.10 Å². The number of aromatic nitrogens is 3. The van der Waals surface area contributed by atoms with E-state index in [4.69, 9.17) is 19.6 Å². The lowest BCUT2D eigenvalue weighted by Crippen LogP contribution is -2.42. The summed E-state index contributed by atoms with van der Waals surface area (Å²) in [5, 5.41) is 11.8. The monoisotopic (exact) mass is 596 g/mol. The fraction of sp³-hybridized carbons (Fsp3) is 0.250. The van der Waals surface area contributed by atoms with E-state index in [1.807, 2.05) is 79.7 Å². The molecule has 0 radical (unpaired) electrons. The van der Waals surface area contributed by atoms with E-state index in [-0.39, 0.29) is 18.4 Å². The fourth-order valence-corrected chi connectivity index (χ4v) is 5.82. The summed E-state index contributed by atoms with van der Waals surface area (Å²) in [6.45, 7) is 4.05. The third-order valence-electron chi connectivity index (χ3n) is 7.24. The molecule has 10 nitrogen and oxygen atoms in total. The van der Waals surface area contributed by atoms with E-state index in [1.54, 1.807) is 9.58 Å². The molecule has 0 aliphatic carbocycles. The van der Waals surface area contributed by atoms with E-state index in [2.05, 4.69) is 22.8 Å². The first-order valence-electron chi connectivity index (χ1n) is 14.1. The minimum absolute atomic E-state index is 0.0499. The summed E-state index contributed by atoms with van der Waals surface area (Å²) in [5.41, 5.74) is 3.91. The Labute approximate surface area is 254 Å². The Balaban J connectivity index is 1.25. The van der Waals surface area contributed by atoms with Gasteiger partial charge in [-0.05, 0) is 42.3 Å². The normalized spacial score (nSPS) is 16.3. The molecule has 43 heavy (non-hydrogen) atoms. The van der Waals surface area contributed by atoms with Crippen molar-refractivity contribution in [2.24, 2.45) is 0 Å². The quantitative estimate of drug-likeness (QED) is 0.267. The Morgan fingerprint density at radius 2 is 1.70 bits per heavy atom. The van der Waals surface area contributed by atoms with Crippen LogP contribution in [0.4, 0.5) is 11.6 Å². The number of benzene rings is 3. The summed E-state index contributed by atoms with van der Waals surface area (Å²) < 4.78 is 12.9. The van der Waals surface area contributed by atoms with Crippen molar-refractivity contribution in [2.75, 3.05) is 43.5 Å². The molecule has 0 saturated carbocycles. The van der Waals surface area contributed by atoms with E-state index < -0.39 is 6.04 Å². The second-order valence-electron chi connectivity index (χ2n) is 10.2. The maximum absolute atomic E-state index is 13.7. The van der Waals surface area contributed by atoms with Gasteiger partial charge in [0.15, 0.2) is 6.61 Å². The van der Waals surface area contributed by atoms with Crippen molar-refractivity contribution in [2.45, 2.75) is 23.9 Å². The molecule has 1 unspecified atom stereocenters. The Bertz CT molecular complexity index is 1600. The lowest BCUT2D eigenvalue weighted by Gasteiger charge is -2.29. The molecule has 1 saturated heterocycles. The van der Waals surface area contributed by atoms with E-state index in [0.717, 1.165) is 11.3 Å². The Kier molecular flexibility index (Phi) is 8.71. The van der Waals surface area contributed by atoms with Gasteiger partial charge in [0.1, 0.15) is 11.8 Å². The summed E-state index contributed by atoms with van der Waals surface area (Å²) in [7, 11) is 0. The summed E-state index contributed by atoms with van der Waals surface area (Å²) >= 11 is 1.54. The predicted octanol–water partition coefficient (Wildman–Crippen LogP) is 4.74. The number of rotatable bonds is 9. The van der Waals surface area contributed by atoms with Crippen LogP contribution in [0, 0.1) is 0 Å². The molecule has 2 aliphatic heterocycles. The number of ether oxygens (including phenoxy) is 2. The number of carbonyl (C=O) groups excluding carboxylic acids is 2. The highest BCUT2D eigenvalue weighted by Gasteiger charge is 2.34. The van der Waals surface area contributed by atoms with Gasteiger partial charge in [-0.3, -0.25) is 9.59 Å². The first-order chi connectivity index (χ1) is 21.0. The molecule has 1 fully saturated rings. The third kappa shape index (κ3) is 6.73. The number of hydrogen-bond donors (Lipinski definition) is 2. The molecule has 0 spiro atoms. The molecular formula is C32H32N6O4S. The van der Waals surface area contributed by atoms with Gasteiger partial charge in [0.2, 0.25) is 11.1 Å². The van der Waals surface area contributed by atoms with Crippen LogP contribution in [0.1, 0.15) is 24.1 Å². The fourth-order valence-electron chi connectivity index (χ4n) is 5.03. The van der Waals surface area contributed by atoms with Gasteiger partial charge >= 0.3 is 0 Å². The number of fused-ring (bicyclic) bond motifs is 1. The number of hydrogen-bond acceptors (Lipinski definition) is 8. The number of amides is 2. The number of nitrogens with zero attached hydrogens (tertiary/aromatic N) is 4. The number of para-hydroxylation sites is 1. The van der Waals surface area contributed by atoms with E-state index in [1.165, 1.54) is 17.3 Å². The standard InChI is InChI=1S/C32H32N6O4S/c1-22-28(30(40)34-25-10-6-3-7-11-25)29(38-31(33-22)35-32(36-38)43-21-23-8-4-2-5-9-23)24-12-14-26(15-13-24)42-20-27(39)37-16-18-41-19-17-37/h2-15,29H,16-21H2,1H3,(H,34,40)(H,33,35,36). The summed E-state index contributed by atoms with van der Waals surface area (Å²) in [4.78, 5) is 32.8. The number of carbonyl (C=O) groups is 2. The highest BCUT2D eigenvalue weighted by atomic mass is 32.2. The average Bonchev–Trinajstić information content (AvgIpc) is 3.46. The van der Waals surface area contributed by atoms with Crippen LogP contribution in [0.25, 0.3) is 0 Å². The van der Waals surface area contributed by atoms with Crippen LogP contribution in [0.3, 0.4) is 0 Å². The van der Waals surface area contributed by atoms with Crippen molar-refractivity contribution >= 4 is 35.2 Å². The molecule has 0 bridgehead atoms. The number of allylic oxidation sites excluding steroid dienone is 1. The largest absolute Gasteiger partial charge is 0.484 e. The zero-order valence-electron chi connectivity index (χ0n) is 23.7. The zero-order valence-corrected chi connectivity index (χ0v) is 24.5. The summed E-state index contributed by atoms with van der Waals surface area (Å²) in [6.07, 6.45) is 0. The molecule has 1 atom stereocenters. The number of morpholine rings is 1. The average molecular weight is 597 g/mol. The van der Waals surface area contributed by atoms with Gasteiger partial charge in [0, 0.05) is 30.2 Å². The van der Waals surface area contributed by atoms with Gasteiger partial charge in [0.05, 0.1) is 18.8 Å². The van der Waals surface area contributed by atoms with Gasteiger partial charge in [-0.25, -0.2) is 4.68 Å². The molecule has 2 N–H and O–H groups in total. The van der Waals surface area contributed by atoms with Crippen molar-refractivity contribution in [3.8, 4) is 5.75 Å². The van der Waals surface area contributed by atoms with Crippen molar-refractivity contribution in [1.29, 1.82) is 0 Å².